The average Bonchev–Trinajstić information content (AvgIpc) is 3.36. The summed E-state index contributed by atoms with van der Waals surface area (Å²) in [5.41, 5.74) is 2.95. The number of anilines is 1. The molecule has 0 aliphatic heterocycles. The highest BCUT2D eigenvalue weighted by molar-refractivity contribution is 9.10. The normalized spacial score (nSPS) is 10.9. The van der Waals surface area contributed by atoms with Crippen LogP contribution in [0.3, 0.4) is 0 Å². The molecule has 0 aliphatic carbocycles. The minimum atomic E-state index is -0.618. The number of nitrogens with zero attached hydrogens (tertiary/aromatic N) is 6. The summed E-state index contributed by atoms with van der Waals surface area (Å²) in [5.74, 6) is -1.27. The highest BCUT2D eigenvalue weighted by atomic mass is 79.9. The van der Waals surface area contributed by atoms with E-state index in [9.17, 15) is 19.7 Å². The minimum absolute atomic E-state index is 0.204. The van der Waals surface area contributed by atoms with Gasteiger partial charge in [0.1, 0.15) is 16.6 Å². The Kier molecular flexibility index (Phi) is 6.36. The number of nitrogens with one attached hydrogen (secondary N) is 1. The van der Waals surface area contributed by atoms with Gasteiger partial charge in [0.2, 0.25) is 5.91 Å². The molecule has 0 saturated carbocycles. The summed E-state index contributed by atoms with van der Waals surface area (Å²) in [7, 11) is 0. The molecule has 34 heavy (non-hydrogen) atoms. The fourth-order valence-electron chi connectivity index (χ4n) is 3.33. The van der Waals surface area contributed by atoms with Crippen LogP contribution in [0.5, 0.6) is 0 Å². The average molecular weight is 528 g/mol. The quantitative estimate of drug-likeness (QED) is 0.218. The fraction of sp³-hybridized carbons (Fsp3) is 0.190. The van der Waals surface area contributed by atoms with E-state index in [0.717, 1.165) is 5.56 Å². The third-order valence-corrected chi connectivity index (χ3v) is 5.85. The van der Waals surface area contributed by atoms with Crippen LogP contribution in [-0.4, -0.2) is 47.8 Å². The highest BCUT2D eigenvalue weighted by Gasteiger charge is 2.24. The first-order valence-electron chi connectivity index (χ1n) is 10.1. The van der Waals surface area contributed by atoms with Gasteiger partial charge in [-0.3, -0.25) is 4.79 Å². The Morgan fingerprint density at radius 1 is 1.29 bits per heavy atom. The SMILES string of the molecule is CCOC(=O)c1cnn2c(-c3cccc(NC(=O)Cn4nc([N+](=O)[O-])c(Br)c4C)c3)ccnc12. The molecule has 174 valence electrons. The molecule has 0 radical (unpaired) electrons. The van der Waals surface area contributed by atoms with Crippen LogP contribution in [0.1, 0.15) is 23.0 Å². The molecule has 0 aliphatic rings. The number of aromatic nitrogens is 5. The van der Waals surface area contributed by atoms with Gasteiger partial charge < -0.3 is 20.2 Å². The van der Waals surface area contributed by atoms with E-state index in [1.807, 2.05) is 6.07 Å². The van der Waals surface area contributed by atoms with Gasteiger partial charge in [-0.2, -0.15) is 9.78 Å². The maximum Gasteiger partial charge on any atom is 0.404 e. The van der Waals surface area contributed by atoms with Crippen molar-refractivity contribution >= 4 is 45.0 Å². The molecular formula is C21H18BrN7O5. The number of amides is 1. The van der Waals surface area contributed by atoms with E-state index in [-0.39, 0.29) is 29.0 Å². The van der Waals surface area contributed by atoms with Gasteiger partial charge in [0.15, 0.2) is 5.65 Å². The molecule has 0 spiro atoms. The van der Waals surface area contributed by atoms with E-state index in [1.165, 1.54) is 15.4 Å². The molecule has 1 aromatic carbocycles. The van der Waals surface area contributed by atoms with Gasteiger partial charge in [0.05, 0.1) is 29.3 Å². The molecule has 0 unspecified atom stereocenters. The van der Waals surface area contributed by atoms with Crippen LogP contribution in [0.15, 0.2) is 47.2 Å². The topological polar surface area (TPSA) is 147 Å². The van der Waals surface area contributed by atoms with Crippen molar-refractivity contribution in [3.63, 3.8) is 0 Å². The van der Waals surface area contributed by atoms with Crippen molar-refractivity contribution in [1.29, 1.82) is 0 Å². The fourth-order valence-corrected chi connectivity index (χ4v) is 3.76. The number of ether oxygens (including phenoxy) is 1. The number of hydrogen-bond donors (Lipinski definition) is 1. The molecule has 1 N–H and O–H groups in total. The lowest BCUT2D eigenvalue weighted by Crippen LogP contribution is -2.20. The smallest absolute Gasteiger partial charge is 0.404 e. The van der Waals surface area contributed by atoms with E-state index >= 15 is 0 Å². The molecule has 0 atom stereocenters. The Hall–Kier alpha value is -4.13. The summed E-state index contributed by atoms with van der Waals surface area (Å²) in [6.45, 7) is 3.38. The van der Waals surface area contributed by atoms with Gasteiger partial charge in [-0.1, -0.05) is 12.1 Å². The number of benzene rings is 1. The van der Waals surface area contributed by atoms with E-state index in [4.69, 9.17) is 4.74 Å². The maximum atomic E-state index is 12.6. The van der Waals surface area contributed by atoms with Crippen molar-refractivity contribution < 1.29 is 19.2 Å². The third-order valence-electron chi connectivity index (χ3n) is 4.92. The molecule has 1 amide bonds. The standard InChI is InChI=1S/C21H18BrN7O5/c1-3-34-21(31)15-10-24-28-16(7-8-23-19(15)28)13-5-4-6-14(9-13)25-17(30)11-27-12(2)18(22)20(26-27)29(32)33/h4-10H,3,11H2,1-2H3,(H,25,30). The molecule has 4 aromatic rings. The number of rotatable bonds is 7. The zero-order chi connectivity index (χ0) is 24.4. The Morgan fingerprint density at radius 2 is 2.09 bits per heavy atom. The van der Waals surface area contributed by atoms with Crippen molar-refractivity contribution in [2.45, 2.75) is 20.4 Å². The second-order valence-corrected chi connectivity index (χ2v) is 7.90. The van der Waals surface area contributed by atoms with Gasteiger partial charge in [0, 0.05) is 17.4 Å². The lowest BCUT2D eigenvalue weighted by molar-refractivity contribution is -0.390. The van der Waals surface area contributed by atoms with Gasteiger partial charge in [0.25, 0.3) is 0 Å². The van der Waals surface area contributed by atoms with Crippen molar-refractivity contribution in [2.75, 3.05) is 11.9 Å². The zero-order valence-electron chi connectivity index (χ0n) is 18.1. The number of fused-ring (bicyclic) bond motifs is 1. The monoisotopic (exact) mass is 527 g/mol. The van der Waals surface area contributed by atoms with Gasteiger partial charge in [-0.25, -0.2) is 14.3 Å². The first kappa shape index (κ1) is 23.0. The predicted molar refractivity (Wildman–Crippen MR) is 124 cm³/mol. The van der Waals surface area contributed by atoms with Crippen LogP contribution < -0.4 is 5.32 Å². The molecule has 0 saturated heterocycles. The van der Waals surface area contributed by atoms with Crippen molar-refractivity contribution in [3.8, 4) is 11.3 Å². The summed E-state index contributed by atoms with van der Waals surface area (Å²) in [5, 5.41) is 22.0. The highest BCUT2D eigenvalue weighted by Crippen LogP contribution is 2.27. The molecule has 3 aromatic heterocycles. The van der Waals surface area contributed by atoms with E-state index in [0.29, 0.717) is 22.7 Å². The van der Waals surface area contributed by atoms with Crippen molar-refractivity contribution in [2.24, 2.45) is 0 Å². The van der Waals surface area contributed by atoms with Gasteiger partial charge >= 0.3 is 11.8 Å². The summed E-state index contributed by atoms with van der Waals surface area (Å²) in [4.78, 5) is 39.4. The predicted octanol–water partition coefficient (Wildman–Crippen LogP) is 3.39. The van der Waals surface area contributed by atoms with E-state index < -0.39 is 16.8 Å². The molecule has 3 heterocycles. The third kappa shape index (κ3) is 4.37. The lowest BCUT2D eigenvalue weighted by atomic mass is 10.1. The second kappa shape index (κ2) is 9.39. The molecule has 0 bridgehead atoms. The van der Waals surface area contributed by atoms with Gasteiger partial charge in [-0.05, 0) is 52.9 Å². The van der Waals surface area contributed by atoms with Crippen molar-refractivity contribution in [1.82, 2.24) is 24.4 Å². The number of esters is 1. The molecule has 12 nitrogen and oxygen atoms in total. The Labute approximate surface area is 200 Å². The number of carbonyl (C=O) groups is 2. The van der Waals surface area contributed by atoms with Crippen LogP contribution in [0.2, 0.25) is 0 Å². The lowest BCUT2D eigenvalue weighted by Gasteiger charge is -2.09. The second-order valence-electron chi connectivity index (χ2n) is 7.11. The molecule has 0 fully saturated rings. The first-order chi connectivity index (χ1) is 16.3. The van der Waals surface area contributed by atoms with Crippen LogP contribution in [-0.2, 0) is 16.1 Å². The first-order valence-corrected chi connectivity index (χ1v) is 10.9. The van der Waals surface area contributed by atoms with Gasteiger partial charge in [-0.15, -0.1) is 0 Å². The molecule has 4 rings (SSSR count). The number of carbonyl (C=O) groups excluding carboxylic acids is 2. The number of hydrogen-bond acceptors (Lipinski definition) is 8. The summed E-state index contributed by atoms with van der Waals surface area (Å²) >= 11 is 3.13. The van der Waals surface area contributed by atoms with Crippen LogP contribution in [0.25, 0.3) is 16.9 Å². The largest absolute Gasteiger partial charge is 0.462 e. The zero-order valence-corrected chi connectivity index (χ0v) is 19.6. The Bertz CT molecular complexity index is 1430. The Morgan fingerprint density at radius 3 is 2.79 bits per heavy atom. The van der Waals surface area contributed by atoms with Crippen LogP contribution in [0, 0.1) is 17.0 Å². The summed E-state index contributed by atoms with van der Waals surface area (Å²) in [6.07, 6.45) is 2.96. The molecule has 13 heteroatoms. The summed E-state index contributed by atoms with van der Waals surface area (Å²) in [6, 6.07) is 8.77. The van der Waals surface area contributed by atoms with E-state index in [2.05, 4.69) is 36.4 Å². The number of nitro groups is 1. The van der Waals surface area contributed by atoms with E-state index in [1.54, 1.807) is 44.3 Å². The Balaban J connectivity index is 1.58. The van der Waals surface area contributed by atoms with Crippen LogP contribution >= 0.6 is 15.9 Å². The van der Waals surface area contributed by atoms with Crippen molar-refractivity contribution in [3.05, 3.63) is 68.6 Å². The minimum Gasteiger partial charge on any atom is -0.462 e. The maximum absolute atomic E-state index is 12.6. The van der Waals surface area contributed by atoms with Crippen LogP contribution in [0.4, 0.5) is 11.5 Å². The number of halogens is 1. The summed E-state index contributed by atoms with van der Waals surface area (Å²) < 4.78 is 8.07. The molecular weight excluding hydrogens is 510 g/mol.